The van der Waals surface area contributed by atoms with Gasteiger partial charge in [-0.2, -0.15) is 0 Å². The summed E-state index contributed by atoms with van der Waals surface area (Å²) in [5.74, 6) is -0.00560. The predicted octanol–water partition coefficient (Wildman–Crippen LogP) is 6.18. The third-order valence-electron chi connectivity index (χ3n) is 6.12. The van der Waals surface area contributed by atoms with Crippen LogP contribution in [0.5, 0.6) is 0 Å². The number of hydrogen-bond acceptors (Lipinski definition) is 6. The number of carbonyl (C=O) groups excluding carboxylic acids is 1. The zero-order valence-electron chi connectivity index (χ0n) is 22.1. The summed E-state index contributed by atoms with van der Waals surface area (Å²) in [6.45, 7) is 23.3. The largest absolute Gasteiger partial charge is 0.547 e. The molecule has 4 aliphatic rings. The molecule has 4 bridgehead atoms. The SMILES string of the molecule is C[C@@]12OC(=O)[C@@]3(C)O[C@@]1(O[Si](C)(C)C)CC(O[Si](C)(C)C)=C[C@H]2[C@H]3/C=C(/CI)O[Si](C)(C)C. The summed E-state index contributed by atoms with van der Waals surface area (Å²) in [6, 6.07) is 0. The predicted molar refractivity (Wildman–Crippen MR) is 147 cm³/mol. The number of hydrogen-bond donors (Lipinski definition) is 0. The molecule has 1 aliphatic carbocycles. The highest BCUT2D eigenvalue weighted by molar-refractivity contribution is 14.1. The van der Waals surface area contributed by atoms with E-state index in [1.165, 1.54) is 0 Å². The van der Waals surface area contributed by atoms with Crippen molar-refractivity contribution < 1.29 is 27.5 Å². The van der Waals surface area contributed by atoms with Gasteiger partial charge in [-0.05, 0) is 84.9 Å². The summed E-state index contributed by atoms with van der Waals surface area (Å²) in [5, 5.41) is 0. The topological polar surface area (TPSA) is 63.2 Å². The molecular formula is C23H41IO6Si3. The van der Waals surface area contributed by atoms with Crippen LogP contribution in [-0.2, 0) is 27.5 Å². The maximum Gasteiger partial charge on any atom is 0.339 e. The average molecular weight is 625 g/mol. The molecule has 33 heavy (non-hydrogen) atoms. The van der Waals surface area contributed by atoms with Crippen LogP contribution in [0.2, 0.25) is 58.9 Å². The van der Waals surface area contributed by atoms with E-state index in [1.807, 2.05) is 13.8 Å². The van der Waals surface area contributed by atoms with E-state index in [2.05, 4.69) is 93.7 Å². The first-order valence-corrected chi connectivity index (χ1v) is 23.5. The summed E-state index contributed by atoms with van der Waals surface area (Å²) in [7, 11) is -5.76. The molecule has 0 spiro atoms. The van der Waals surface area contributed by atoms with Gasteiger partial charge in [-0.25, -0.2) is 4.79 Å². The minimum atomic E-state index is -2.08. The number of rotatable bonds is 8. The van der Waals surface area contributed by atoms with Crippen molar-refractivity contribution >= 4 is 53.5 Å². The van der Waals surface area contributed by atoms with Crippen LogP contribution in [-0.4, -0.2) is 52.3 Å². The van der Waals surface area contributed by atoms with E-state index in [4.69, 9.17) is 22.8 Å². The van der Waals surface area contributed by atoms with Gasteiger partial charge in [0, 0.05) is 11.8 Å². The maximum atomic E-state index is 13.3. The van der Waals surface area contributed by atoms with Crippen LogP contribution >= 0.6 is 22.6 Å². The second-order valence-electron chi connectivity index (χ2n) is 12.7. The Kier molecular flexibility index (Phi) is 7.04. The standard InChI is InChI=1S/C23H41IO6Si3/c1-21-18(13-17(15-24)28-32(6,7)8)19-12-16(27-31(3,4)5)14-23(29-21,30-33(9,10)11)22(19,2)26-20(21)25/h12-13,18-19H,14-15H2,1-11H3/b17-13-/t18-,19+,21+,22+,23-/m1/s1. The van der Waals surface area contributed by atoms with Gasteiger partial charge >= 0.3 is 5.97 Å². The molecule has 6 nitrogen and oxygen atoms in total. The number of fused-ring (bicyclic) bond motifs is 1. The number of allylic oxidation sites excluding steroid dienone is 1. The number of alkyl halides is 1. The fourth-order valence-corrected chi connectivity index (χ4v) is 8.97. The normalized spacial score (nSPS) is 36.9. The van der Waals surface area contributed by atoms with Gasteiger partial charge in [-0.15, -0.1) is 0 Å². The van der Waals surface area contributed by atoms with E-state index in [9.17, 15) is 4.79 Å². The summed E-state index contributed by atoms with van der Waals surface area (Å²) < 4.78 is 33.4. The lowest BCUT2D eigenvalue weighted by atomic mass is 9.59. The van der Waals surface area contributed by atoms with Crippen LogP contribution in [0.3, 0.4) is 0 Å². The highest BCUT2D eigenvalue weighted by Gasteiger charge is 2.76. The molecule has 5 atom stereocenters. The van der Waals surface area contributed by atoms with Crippen LogP contribution in [0.1, 0.15) is 20.3 Å². The smallest absolute Gasteiger partial charge is 0.339 e. The molecule has 0 aromatic heterocycles. The van der Waals surface area contributed by atoms with E-state index in [0.717, 1.165) is 15.9 Å². The zero-order chi connectivity index (χ0) is 25.3. The summed E-state index contributed by atoms with van der Waals surface area (Å²) in [4.78, 5) is 13.3. The molecule has 3 fully saturated rings. The average Bonchev–Trinajstić information content (AvgIpc) is 2.55. The minimum Gasteiger partial charge on any atom is -0.547 e. The Labute approximate surface area is 216 Å². The number of esters is 1. The molecule has 10 heteroatoms. The molecule has 0 aromatic rings. The van der Waals surface area contributed by atoms with Crippen molar-refractivity contribution in [2.75, 3.05) is 4.43 Å². The van der Waals surface area contributed by atoms with E-state index in [1.54, 1.807) is 0 Å². The minimum absolute atomic E-state index is 0.145. The summed E-state index contributed by atoms with van der Waals surface area (Å²) in [5.41, 5.74) is -2.12. The Bertz CT molecular complexity index is 871. The first kappa shape index (κ1) is 27.4. The first-order chi connectivity index (χ1) is 14.7. The van der Waals surface area contributed by atoms with E-state index in [0.29, 0.717) is 6.42 Å². The lowest BCUT2D eigenvalue weighted by Gasteiger charge is -2.67. The molecule has 0 N–H and O–H groups in total. The van der Waals surface area contributed by atoms with E-state index < -0.39 is 41.9 Å². The molecule has 0 radical (unpaired) electrons. The van der Waals surface area contributed by atoms with Gasteiger partial charge in [0.15, 0.2) is 19.5 Å². The Morgan fingerprint density at radius 2 is 1.70 bits per heavy atom. The third-order valence-corrected chi connectivity index (χ3v) is 9.56. The molecule has 0 aromatic carbocycles. The number of ether oxygens (including phenoxy) is 2. The Morgan fingerprint density at radius 3 is 2.18 bits per heavy atom. The number of carbonyl (C=O) groups is 1. The van der Waals surface area contributed by atoms with Gasteiger partial charge in [-0.3, -0.25) is 0 Å². The zero-order valence-corrected chi connectivity index (χ0v) is 27.2. The molecule has 3 heterocycles. The van der Waals surface area contributed by atoms with Crippen molar-refractivity contribution in [3.05, 3.63) is 23.7 Å². The van der Waals surface area contributed by atoms with Gasteiger partial charge < -0.3 is 22.8 Å². The Balaban J connectivity index is 2.19. The van der Waals surface area contributed by atoms with Crippen molar-refractivity contribution in [2.24, 2.45) is 11.8 Å². The summed E-state index contributed by atoms with van der Waals surface area (Å²) >= 11 is 2.33. The molecule has 3 aliphatic heterocycles. The van der Waals surface area contributed by atoms with Gasteiger partial charge in [0.25, 0.3) is 0 Å². The second kappa shape index (κ2) is 8.46. The molecule has 0 saturated carbocycles. The monoisotopic (exact) mass is 624 g/mol. The fraction of sp³-hybridized carbons (Fsp3) is 0.783. The molecular weight excluding hydrogens is 583 g/mol. The highest BCUT2D eigenvalue weighted by Crippen LogP contribution is 2.62. The van der Waals surface area contributed by atoms with E-state index in [-0.39, 0.29) is 17.8 Å². The quantitative estimate of drug-likeness (QED) is 0.106. The lowest BCUT2D eigenvalue weighted by molar-refractivity contribution is -0.406. The van der Waals surface area contributed by atoms with Crippen LogP contribution < -0.4 is 0 Å². The Morgan fingerprint density at radius 1 is 1.09 bits per heavy atom. The third kappa shape index (κ3) is 5.35. The van der Waals surface area contributed by atoms with Crippen molar-refractivity contribution in [1.82, 2.24) is 0 Å². The molecule has 188 valence electrons. The van der Waals surface area contributed by atoms with Gasteiger partial charge in [0.2, 0.25) is 22.4 Å². The molecule has 3 saturated heterocycles. The van der Waals surface area contributed by atoms with Gasteiger partial charge in [-0.1, -0.05) is 22.6 Å². The lowest BCUT2D eigenvalue weighted by Crippen LogP contribution is -2.80. The van der Waals surface area contributed by atoms with Gasteiger partial charge in [0.05, 0.1) is 22.4 Å². The first-order valence-electron chi connectivity index (χ1n) is 11.7. The summed E-state index contributed by atoms with van der Waals surface area (Å²) in [6.07, 6.45) is 4.73. The Hall–Kier alpha value is -0.149. The molecule has 0 amide bonds. The van der Waals surface area contributed by atoms with Crippen LogP contribution in [0.15, 0.2) is 23.7 Å². The highest BCUT2D eigenvalue weighted by atomic mass is 127. The molecule has 0 unspecified atom stereocenters. The van der Waals surface area contributed by atoms with Crippen LogP contribution in [0.25, 0.3) is 0 Å². The van der Waals surface area contributed by atoms with Gasteiger partial charge in [0.1, 0.15) is 0 Å². The molecule has 4 rings (SSSR count). The van der Waals surface area contributed by atoms with Crippen molar-refractivity contribution in [3.63, 3.8) is 0 Å². The fourth-order valence-electron chi connectivity index (χ4n) is 5.11. The second-order valence-corrected chi connectivity index (χ2v) is 26.8. The van der Waals surface area contributed by atoms with Crippen molar-refractivity contribution in [3.8, 4) is 0 Å². The van der Waals surface area contributed by atoms with Crippen LogP contribution in [0, 0.1) is 11.8 Å². The van der Waals surface area contributed by atoms with Crippen molar-refractivity contribution in [1.29, 1.82) is 0 Å². The van der Waals surface area contributed by atoms with E-state index >= 15 is 0 Å². The number of halogens is 1. The van der Waals surface area contributed by atoms with Crippen LogP contribution in [0.4, 0.5) is 0 Å². The maximum absolute atomic E-state index is 13.3. The van der Waals surface area contributed by atoms with Crippen molar-refractivity contribution in [2.45, 2.75) is 96.2 Å².